The monoisotopic (exact) mass is 262 g/mol. The summed E-state index contributed by atoms with van der Waals surface area (Å²) in [5.74, 6) is -3.25. The number of H-pyrrole nitrogens is 1. The lowest BCUT2D eigenvalue weighted by Crippen LogP contribution is -2.45. The Morgan fingerprint density at radius 3 is 2.72 bits per heavy atom. The molecule has 0 spiro atoms. The lowest BCUT2D eigenvalue weighted by molar-refractivity contribution is -0.197. The highest BCUT2D eigenvalue weighted by molar-refractivity contribution is 4.97. The predicted molar refractivity (Wildman–Crippen MR) is 54.4 cm³/mol. The van der Waals surface area contributed by atoms with Gasteiger partial charge in [0.1, 0.15) is 12.2 Å². The lowest BCUT2D eigenvalue weighted by Gasteiger charge is -2.23. The second-order valence-electron chi connectivity index (χ2n) is 3.90. The van der Waals surface area contributed by atoms with Crippen LogP contribution in [0.15, 0.2) is 21.9 Å². The maximum Gasteiger partial charge on any atom is 0.330 e. The molecule has 1 aromatic rings. The van der Waals surface area contributed by atoms with Gasteiger partial charge in [0.15, 0.2) is 6.23 Å². The van der Waals surface area contributed by atoms with Crippen LogP contribution in [0.25, 0.3) is 0 Å². The first-order valence-corrected chi connectivity index (χ1v) is 5.05. The van der Waals surface area contributed by atoms with Crippen molar-refractivity contribution < 1.29 is 24.4 Å². The van der Waals surface area contributed by atoms with Gasteiger partial charge in [-0.1, -0.05) is 0 Å². The predicted octanol–water partition coefficient (Wildman–Crippen LogP) is -2.55. The molecule has 0 saturated carbocycles. The smallest absolute Gasteiger partial charge is 0.330 e. The van der Waals surface area contributed by atoms with E-state index in [2.05, 4.69) is 0 Å². The van der Waals surface area contributed by atoms with Gasteiger partial charge >= 0.3 is 5.69 Å². The van der Waals surface area contributed by atoms with Crippen molar-refractivity contribution >= 4 is 0 Å². The zero-order chi connectivity index (χ0) is 13.5. The van der Waals surface area contributed by atoms with Crippen molar-refractivity contribution in [1.82, 2.24) is 9.55 Å². The van der Waals surface area contributed by atoms with E-state index in [1.54, 1.807) is 0 Å². The molecule has 0 amide bonds. The van der Waals surface area contributed by atoms with Gasteiger partial charge in [-0.25, -0.2) is 9.18 Å². The summed E-state index contributed by atoms with van der Waals surface area (Å²) in [6.45, 7) is -0.734. The van der Waals surface area contributed by atoms with Crippen LogP contribution in [0.5, 0.6) is 0 Å². The molecular formula is C9H11FN2O6. The minimum Gasteiger partial charge on any atom is -0.394 e. The normalized spacial score (nSPS) is 35.9. The zero-order valence-electron chi connectivity index (χ0n) is 8.99. The third-order valence-corrected chi connectivity index (χ3v) is 2.70. The average Bonchev–Trinajstić information content (AvgIpc) is 2.52. The summed E-state index contributed by atoms with van der Waals surface area (Å²) >= 11 is 0. The van der Waals surface area contributed by atoms with E-state index in [9.17, 15) is 24.2 Å². The van der Waals surface area contributed by atoms with Crippen LogP contribution in [-0.4, -0.2) is 49.5 Å². The van der Waals surface area contributed by atoms with E-state index in [-0.39, 0.29) is 0 Å². The Bertz CT molecular complexity index is 552. The summed E-state index contributed by atoms with van der Waals surface area (Å²) in [5.41, 5.74) is -1.70. The van der Waals surface area contributed by atoms with Crippen LogP contribution in [0.4, 0.5) is 4.39 Å². The number of halogens is 1. The first kappa shape index (κ1) is 12.9. The number of ether oxygens (including phenoxy) is 1. The molecule has 0 aromatic carbocycles. The van der Waals surface area contributed by atoms with E-state index in [0.717, 1.165) is 12.3 Å². The average molecular weight is 262 g/mol. The number of aromatic amines is 1. The standard InChI is InChI=1S/C9H11FN2O6/c10-9(17)6(15)4(3-13)18-7(9)12-2-1-5(14)11-8(12)16/h1-2,4,6-7,13,15,17H,3H2,(H,11,14,16)/t4-,6-,7-,9-/m0/s1. The topological polar surface area (TPSA) is 125 Å². The van der Waals surface area contributed by atoms with Gasteiger partial charge in [-0.05, 0) is 0 Å². The molecule has 4 N–H and O–H groups in total. The van der Waals surface area contributed by atoms with Gasteiger partial charge < -0.3 is 20.1 Å². The first-order valence-electron chi connectivity index (χ1n) is 5.05. The van der Waals surface area contributed by atoms with Crippen molar-refractivity contribution in [2.24, 2.45) is 0 Å². The van der Waals surface area contributed by atoms with Crippen molar-refractivity contribution in [2.45, 2.75) is 24.3 Å². The Balaban J connectivity index is 2.45. The van der Waals surface area contributed by atoms with E-state index in [1.807, 2.05) is 4.98 Å². The van der Waals surface area contributed by atoms with Gasteiger partial charge in [0.25, 0.3) is 11.4 Å². The van der Waals surface area contributed by atoms with Crippen LogP contribution in [0, 0.1) is 0 Å². The van der Waals surface area contributed by atoms with Crippen LogP contribution < -0.4 is 11.2 Å². The molecule has 4 atom stereocenters. The molecule has 8 nitrogen and oxygen atoms in total. The maximum absolute atomic E-state index is 13.9. The van der Waals surface area contributed by atoms with Crippen LogP contribution in [0.3, 0.4) is 0 Å². The Morgan fingerprint density at radius 1 is 1.56 bits per heavy atom. The summed E-state index contributed by atoms with van der Waals surface area (Å²) in [7, 11) is 0. The van der Waals surface area contributed by atoms with E-state index in [1.165, 1.54) is 0 Å². The summed E-state index contributed by atoms with van der Waals surface area (Å²) in [6.07, 6.45) is -4.31. The number of hydrogen-bond donors (Lipinski definition) is 4. The van der Waals surface area contributed by atoms with E-state index in [4.69, 9.17) is 9.84 Å². The number of aliphatic hydroxyl groups excluding tert-OH is 2. The molecule has 1 aliphatic heterocycles. The maximum atomic E-state index is 13.9. The van der Waals surface area contributed by atoms with Gasteiger partial charge in [-0.3, -0.25) is 14.3 Å². The molecular weight excluding hydrogens is 251 g/mol. The van der Waals surface area contributed by atoms with Crippen molar-refractivity contribution in [2.75, 3.05) is 6.61 Å². The van der Waals surface area contributed by atoms with E-state index in [0.29, 0.717) is 4.57 Å². The number of nitrogens with zero attached hydrogens (tertiary/aromatic N) is 1. The number of hydrogen-bond acceptors (Lipinski definition) is 6. The van der Waals surface area contributed by atoms with E-state index < -0.39 is 42.1 Å². The fourth-order valence-electron chi connectivity index (χ4n) is 1.76. The van der Waals surface area contributed by atoms with Crippen LogP contribution in [0.1, 0.15) is 6.23 Å². The fraction of sp³-hybridized carbons (Fsp3) is 0.556. The Kier molecular flexibility index (Phi) is 3.07. The molecule has 0 aliphatic carbocycles. The summed E-state index contributed by atoms with van der Waals surface area (Å²) in [6, 6.07) is 0.930. The third kappa shape index (κ3) is 1.86. The number of nitrogens with one attached hydrogen (secondary N) is 1. The van der Waals surface area contributed by atoms with Gasteiger partial charge in [0.2, 0.25) is 0 Å². The van der Waals surface area contributed by atoms with Gasteiger partial charge in [-0.15, -0.1) is 0 Å². The summed E-state index contributed by atoms with van der Waals surface area (Å²) in [4.78, 5) is 24.1. The number of aliphatic hydroxyl groups is 3. The fourth-order valence-corrected chi connectivity index (χ4v) is 1.76. The van der Waals surface area contributed by atoms with Crippen molar-refractivity contribution in [3.63, 3.8) is 0 Å². The number of alkyl halides is 1. The zero-order valence-corrected chi connectivity index (χ0v) is 8.99. The van der Waals surface area contributed by atoms with Gasteiger partial charge in [0.05, 0.1) is 6.61 Å². The first-order chi connectivity index (χ1) is 8.37. The van der Waals surface area contributed by atoms with Gasteiger partial charge in [0, 0.05) is 12.3 Å². The minimum atomic E-state index is -3.25. The highest BCUT2D eigenvalue weighted by Gasteiger charge is 2.57. The van der Waals surface area contributed by atoms with Crippen molar-refractivity contribution in [3.8, 4) is 0 Å². The molecule has 1 saturated heterocycles. The molecule has 2 heterocycles. The Labute approximate surface area is 98.9 Å². The van der Waals surface area contributed by atoms with Crippen LogP contribution >= 0.6 is 0 Å². The highest BCUT2D eigenvalue weighted by Crippen LogP contribution is 2.38. The van der Waals surface area contributed by atoms with E-state index >= 15 is 0 Å². The molecule has 0 radical (unpaired) electrons. The molecule has 1 fully saturated rings. The summed E-state index contributed by atoms with van der Waals surface area (Å²) < 4.78 is 19.3. The third-order valence-electron chi connectivity index (χ3n) is 2.70. The molecule has 0 unspecified atom stereocenters. The lowest BCUT2D eigenvalue weighted by atomic mass is 10.1. The largest absolute Gasteiger partial charge is 0.394 e. The van der Waals surface area contributed by atoms with Crippen LogP contribution in [-0.2, 0) is 4.74 Å². The quantitative estimate of drug-likeness (QED) is 0.465. The molecule has 18 heavy (non-hydrogen) atoms. The SMILES string of the molecule is O=c1ccn([C@H]2O[C@@H](CO)[C@H](O)[C@@]2(O)F)c(=O)[nH]1. The number of aromatic nitrogens is 2. The molecule has 1 aliphatic rings. The number of rotatable bonds is 2. The molecule has 100 valence electrons. The van der Waals surface area contributed by atoms with Crippen molar-refractivity contribution in [3.05, 3.63) is 33.1 Å². The molecule has 1 aromatic heterocycles. The minimum absolute atomic E-state index is 0.584. The molecule has 2 rings (SSSR count). The Morgan fingerprint density at radius 2 is 2.22 bits per heavy atom. The van der Waals surface area contributed by atoms with Crippen LogP contribution in [0.2, 0.25) is 0 Å². The second-order valence-corrected chi connectivity index (χ2v) is 3.90. The Hall–Kier alpha value is -1.55. The molecule has 0 bridgehead atoms. The highest BCUT2D eigenvalue weighted by atomic mass is 19.2. The molecule has 9 heteroatoms. The summed E-state index contributed by atoms with van der Waals surface area (Å²) in [5, 5.41) is 27.7. The second kappa shape index (κ2) is 4.28. The van der Waals surface area contributed by atoms with Gasteiger partial charge in [-0.2, -0.15) is 0 Å². The van der Waals surface area contributed by atoms with Crippen molar-refractivity contribution in [1.29, 1.82) is 0 Å².